The molecular weight excluding hydrogens is 258 g/mol. The van der Waals surface area contributed by atoms with Crippen LogP contribution >= 0.6 is 0 Å². The van der Waals surface area contributed by atoms with Gasteiger partial charge in [0.25, 0.3) is 0 Å². The van der Waals surface area contributed by atoms with Gasteiger partial charge < -0.3 is 9.72 Å². The molecule has 0 saturated carbocycles. The third-order valence-corrected chi connectivity index (χ3v) is 3.10. The van der Waals surface area contributed by atoms with E-state index in [1.165, 1.54) is 12.4 Å². The normalized spacial score (nSPS) is 11.2. The lowest BCUT2D eigenvalue weighted by Gasteiger charge is -2.06. The lowest BCUT2D eigenvalue weighted by atomic mass is 10.1. The van der Waals surface area contributed by atoms with Crippen molar-refractivity contribution in [1.29, 1.82) is 0 Å². The number of ether oxygens (including phenoxy) is 1. The van der Waals surface area contributed by atoms with Crippen LogP contribution in [0.15, 0.2) is 17.2 Å². The van der Waals surface area contributed by atoms with Gasteiger partial charge in [-0.3, -0.25) is 4.79 Å². The first-order chi connectivity index (χ1) is 9.54. The molecule has 0 aliphatic heterocycles. The van der Waals surface area contributed by atoms with Gasteiger partial charge in [-0.1, -0.05) is 13.8 Å². The molecule has 2 aromatic heterocycles. The van der Waals surface area contributed by atoms with Crippen LogP contribution in [0.3, 0.4) is 0 Å². The highest BCUT2D eigenvalue weighted by Crippen LogP contribution is 2.10. The zero-order valence-corrected chi connectivity index (χ0v) is 12.0. The highest BCUT2D eigenvalue weighted by Gasteiger charge is 2.16. The first-order valence-corrected chi connectivity index (χ1v) is 6.79. The third-order valence-electron chi connectivity index (χ3n) is 3.10. The number of pyridine rings is 1. The number of rotatable bonds is 5. The second kappa shape index (κ2) is 5.90. The number of aryl methyl sites for hydroxylation is 1. The first kappa shape index (κ1) is 14.3. The molecule has 108 valence electrons. The molecule has 0 radical (unpaired) electrons. The average molecular weight is 277 g/mol. The van der Waals surface area contributed by atoms with Crippen LogP contribution in [0.25, 0.3) is 11.0 Å². The van der Waals surface area contributed by atoms with Crippen LogP contribution in [0.5, 0.6) is 0 Å². The molecular formula is C14H19N3O3. The Kier molecular flexibility index (Phi) is 4.22. The fourth-order valence-corrected chi connectivity index (χ4v) is 1.97. The molecule has 0 bridgehead atoms. The van der Waals surface area contributed by atoms with Crippen molar-refractivity contribution in [2.24, 2.45) is 5.92 Å². The van der Waals surface area contributed by atoms with Gasteiger partial charge in [0.15, 0.2) is 0 Å². The zero-order valence-electron chi connectivity index (χ0n) is 12.0. The number of H-pyrrole nitrogens is 1. The van der Waals surface area contributed by atoms with Gasteiger partial charge in [0, 0.05) is 12.7 Å². The Morgan fingerprint density at radius 2 is 2.25 bits per heavy atom. The second-order valence-corrected chi connectivity index (χ2v) is 5.06. The highest BCUT2D eigenvalue weighted by atomic mass is 16.5. The van der Waals surface area contributed by atoms with Crippen LogP contribution in [0.4, 0.5) is 0 Å². The number of nitrogens with one attached hydrogen (secondary N) is 1. The summed E-state index contributed by atoms with van der Waals surface area (Å²) in [6.45, 7) is 6.94. The van der Waals surface area contributed by atoms with E-state index in [-0.39, 0.29) is 17.6 Å². The van der Waals surface area contributed by atoms with Gasteiger partial charge in [-0.25, -0.2) is 9.48 Å². The van der Waals surface area contributed by atoms with E-state index in [1.54, 1.807) is 11.6 Å². The van der Waals surface area contributed by atoms with Crippen molar-refractivity contribution in [1.82, 2.24) is 14.8 Å². The largest absolute Gasteiger partial charge is 0.462 e. The van der Waals surface area contributed by atoms with Crippen molar-refractivity contribution in [2.75, 3.05) is 6.61 Å². The van der Waals surface area contributed by atoms with E-state index in [0.29, 0.717) is 17.0 Å². The van der Waals surface area contributed by atoms with Crippen LogP contribution in [0.2, 0.25) is 0 Å². The minimum atomic E-state index is -0.606. The van der Waals surface area contributed by atoms with Gasteiger partial charge in [-0.15, -0.1) is 0 Å². The number of esters is 1. The molecule has 0 aliphatic carbocycles. The summed E-state index contributed by atoms with van der Waals surface area (Å²) in [5.41, 5.74) is 0.319. The Bertz CT molecular complexity index is 670. The summed E-state index contributed by atoms with van der Waals surface area (Å²) in [6.07, 6.45) is 3.87. The summed E-state index contributed by atoms with van der Waals surface area (Å²) >= 11 is 0. The van der Waals surface area contributed by atoms with Gasteiger partial charge in [-0.05, 0) is 19.3 Å². The van der Waals surface area contributed by atoms with Gasteiger partial charge in [0.05, 0.1) is 18.2 Å². The molecule has 0 unspecified atom stereocenters. The Morgan fingerprint density at radius 1 is 1.50 bits per heavy atom. The van der Waals surface area contributed by atoms with E-state index in [0.717, 1.165) is 13.0 Å². The zero-order chi connectivity index (χ0) is 14.7. The Balaban J connectivity index is 2.38. The number of carbonyl (C=O) groups excluding carboxylic acids is 1. The molecule has 0 spiro atoms. The second-order valence-electron chi connectivity index (χ2n) is 5.06. The van der Waals surface area contributed by atoms with Gasteiger partial charge in [0.2, 0.25) is 5.43 Å². The van der Waals surface area contributed by atoms with E-state index in [9.17, 15) is 9.59 Å². The Labute approximate surface area is 116 Å². The van der Waals surface area contributed by atoms with E-state index in [2.05, 4.69) is 23.9 Å². The maximum Gasteiger partial charge on any atom is 0.343 e. The Morgan fingerprint density at radius 3 is 2.90 bits per heavy atom. The topological polar surface area (TPSA) is 77.0 Å². The lowest BCUT2D eigenvalue weighted by molar-refractivity contribution is 0.0524. The SMILES string of the molecule is CCOC(=O)c1c[nH]c2c(cnn2CCC(C)C)c1=O. The molecule has 0 fully saturated rings. The lowest BCUT2D eigenvalue weighted by Crippen LogP contribution is -2.18. The number of hydrogen-bond acceptors (Lipinski definition) is 4. The summed E-state index contributed by atoms with van der Waals surface area (Å²) in [5, 5.41) is 4.62. The molecule has 0 aliphatic rings. The maximum atomic E-state index is 12.2. The predicted molar refractivity (Wildman–Crippen MR) is 75.8 cm³/mol. The number of carbonyl (C=O) groups is 1. The number of hydrogen-bond donors (Lipinski definition) is 1. The Hall–Kier alpha value is -2.11. The molecule has 20 heavy (non-hydrogen) atoms. The van der Waals surface area contributed by atoms with Crippen molar-refractivity contribution in [3.05, 3.63) is 28.2 Å². The number of aromatic nitrogens is 3. The van der Waals surface area contributed by atoms with Crippen LogP contribution in [-0.2, 0) is 11.3 Å². The summed E-state index contributed by atoms with van der Waals surface area (Å²) < 4.78 is 6.61. The minimum Gasteiger partial charge on any atom is -0.462 e. The van der Waals surface area contributed by atoms with E-state index >= 15 is 0 Å². The highest BCUT2D eigenvalue weighted by molar-refractivity contribution is 5.92. The third kappa shape index (κ3) is 2.74. The van der Waals surface area contributed by atoms with E-state index in [1.807, 2.05) is 0 Å². The molecule has 0 aromatic carbocycles. The van der Waals surface area contributed by atoms with Crippen LogP contribution in [0.1, 0.15) is 37.6 Å². The maximum absolute atomic E-state index is 12.2. The number of nitrogens with zero attached hydrogens (tertiary/aromatic N) is 2. The standard InChI is InChI=1S/C14H19N3O3/c1-4-20-14(19)11-7-15-13-10(12(11)18)8-16-17(13)6-5-9(2)3/h7-9H,4-6H2,1-3H3,(H,15,18). The fraction of sp³-hybridized carbons (Fsp3) is 0.500. The molecule has 0 amide bonds. The molecule has 6 nitrogen and oxygen atoms in total. The molecule has 2 aromatic rings. The quantitative estimate of drug-likeness (QED) is 0.847. The summed E-state index contributed by atoms with van der Waals surface area (Å²) in [4.78, 5) is 26.9. The predicted octanol–water partition coefficient (Wildman–Crippen LogP) is 1.95. The van der Waals surface area contributed by atoms with Crippen LogP contribution < -0.4 is 5.43 Å². The van der Waals surface area contributed by atoms with Crippen LogP contribution in [-0.4, -0.2) is 27.3 Å². The van der Waals surface area contributed by atoms with Crippen molar-refractivity contribution >= 4 is 17.0 Å². The minimum absolute atomic E-state index is 0.0164. The summed E-state index contributed by atoms with van der Waals surface area (Å²) in [5.74, 6) is -0.0506. The smallest absolute Gasteiger partial charge is 0.343 e. The van der Waals surface area contributed by atoms with Crippen molar-refractivity contribution < 1.29 is 9.53 Å². The molecule has 6 heteroatoms. The van der Waals surface area contributed by atoms with E-state index in [4.69, 9.17) is 4.74 Å². The molecule has 1 N–H and O–H groups in total. The fourth-order valence-electron chi connectivity index (χ4n) is 1.97. The monoisotopic (exact) mass is 277 g/mol. The first-order valence-electron chi connectivity index (χ1n) is 6.79. The van der Waals surface area contributed by atoms with Gasteiger partial charge in [0.1, 0.15) is 11.2 Å². The molecule has 2 rings (SSSR count). The summed E-state index contributed by atoms with van der Waals surface area (Å²) in [6, 6.07) is 0. The summed E-state index contributed by atoms with van der Waals surface area (Å²) in [7, 11) is 0. The van der Waals surface area contributed by atoms with Crippen molar-refractivity contribution in [3.8, 4) is 0 Å². The molecule has 0 atom stereocenters. The molecule has 2 heterocycles. The average Bonchev–Trinajstić information content (AvgIpc) is 2.81. The van der Waals surface area contributed by atoms with Gasteiger partial charge >= 0.3 is 5.97 Å². The number of aromatic amines is 1. The number of fused-ring (bicyclic) bond motifs is 1. The molecule has 0 saturated heterocycles. The van der Waals surface area contributed by atoms with Gasteiger partial charge in [-0.2, -0.15) is 5.10 Å². The van der Waals surface area contributed by atoms with E-state index < -0.39 is 5.97 Å². The van der Waals surface area contributed by atoms with Crippen LogP contribution in [0, 0.1) is 5.92 Å². The van der Waals surface area contributed by atoms with Crippen molar-refractivity contribution in [2.45, 2.75) is 33.7 Å². The van der Waals surface area contributed by atoms with Crippen molar-refractivity contribution in [3.63, 3.8) is 0 Å².